The number of nitrogens with zero attached hydrogens (tertiary/aromatic N) is 4. The van der Waals surface area contributed by atoms with Gasteiger partial charge in [0.15, 0.2) is 27.2 Å². The maximum Gasteiger partial charge on any atom is 0.256 e. The van der Waals surface area contributed by atoms with E-state index in [2.05, 4.69) is 20.3 Å². The number of thioether (sulfide) groups is 2. The highest BCUT2D eigenvalue weighted by Gasteiger charge is 2.38. The third-order valence-corrected chi connectivity index (χ3v) is 6.92. The normalized spacial score (nSPS) is 20.4. The molecule has 1 amide bonds. The summed E-state index contributed by atoms with van der Waals surface area (Å²) in [4.78, 5) is 48.6. The predicted molar refractivity (Wildman–Crippen MR) is 123 cm³/mol. The van der Waals surface area contributed by atoms with Gasteiger partial charge >= 0.3 is 0 Å². The Morgan fingerprint density at radius 1 is 1.12 bits per heavy atom. The number of ether oxygens (including phenoxy) is 1. The topological polar surface area (TPSA) is 116 Å². The molecule has 0 unspecified atom stereocenters. The van der Waals surface area contributed by atoms with Crippen LogP contribution in [-0.4, -0.2) is 52.8 Å². The Hall–Kier alpha value is -2.76. The van der Waals surface area contributed by atoms with Crippen LogP contribution >= 0.6 is 23.5 Å². The van der Waals surface area contributed by atoms with Gasteiger partial charge in [-0.25, -0.2) is 15.0 Å². The predicted octanol–water partition coefficient (Wildman–Crippen LogP) is 3.29. The van der Waals surface area contributed by atoms with Crippen molar-refractivity contribution in [1.29, 1.82) is 0 Å². The Morgan fingerprint density at radius 3 is 2.62 bits per heavy atom. The van der Waals surface area contributed by atoms with Crippen LogP contribution in [0.2, 0.25) is 0 Å². The molecule has 1 aliphatic heterocycles. The summed E-state index contributed by atoms with van der Waals surface area (Å²) in [5, 5.41) is 2.71. The van der Waals surface area contributed by atoms with Crippen molar-refractivity contribution in [1.82, 2.24) is 19.5 Å². The number of carbonyl (C=O) groups is 3. The first-order chi connectivity index (χ1) is 15.4. The summed E-state index contributed by atoms with van der Waals surface area (Å²) in [5.74, 6) is 0.479. The molecule has 0 spiro atoms. The monoisotopic (exact) mass is 471 g/mol. The van der Waals surface area contributed by atoms with Crippen LogP contribution in [0.25, 0.3) is 11.2 Å². The maximum atomic E-state index is 12.5. The highest BCUT2D eigenvalue weighted by molar-refractivity contribution is 8.14. The minimum atomic E-state index is -0.401. The molecule has 1 aliphatic rings. The summed E-state index contributed by atoms with van der Waals surface area (Å²) in [6, 6.07) is 8.83. The lowest BCUT2D eigenvalue weighted by Gasteiger charge is -2.16. The SMILES string of the molecule is CC(=O)SC[C@H]1O[C@@H](n2cnc3c(NC(=O)c4ccccc4)ncnc32)C[C@@H]1SC(C)=O. The van der Waals surface area contributed by atoms with E-state index in [1.807, 2.05) is 6.07 Å². The molecule has 3 heterocycles. The molecule has 2 aromatic heterocycles. The van der Waals surface area contributed by atoms with Crippen LogP contribution in [0.4, 0.5) is 5.82 Å². The van der Waals surface area contributed by atoms with Crippen LogP contribution < -0.4 is 5.32 Å². The molecule has 4 rings (SSSR count). The van der Waals surface area contributed by atoms with Crippen molar-refractivity contribution in [2.24, 2.45) is 0 Å². The number of carbonyl (C=O) groups excluding carboxylic acids is 3. The minimum absolute atomic E-state index is 0.000741. The van der Waals surface area contributed by atoms with Crippen molar-refractivity contribution in [3.05, 3.63) is 48.5 Å². The number of fused-ring (bicyclic) bond motifs is 1. The molecule has 0 radical (unpaired) electrons. The van der Waals surface area contributed by atoms with Gasteiger partial charge in [-0.15, -0.1) is 0 Å². The Labute approximate surface area is 192 Å². The summed E-state index contributed by atoms with van der Waals surface area (Å²) in [6.45, 7) is 3.03. The van der Waals surface area contributed by atoms with E-state index >= 15 is 0 Å². The van der Waals surface area contributed by atoms with Crippen LogP contribution in [0.1, 0.15) is 36.9 Å². The van der Waals surface area contributed by atoms with Gasteiger partial charge in [-0.2, -0.15) is 0 Å². The molecule has 3 atom stereocenters. The number of rotatable bonds is 6. The van der Waals surface area contributed by atoms with Crippen molar-refractivity contribution >= 4 is 56.6 Å². The first-order valence-corrected chi connectivity index (χ1v) is 11.8. The van der Waals surface area contributed by atoms with Crippen LogP contribution in [0.15, 0.2) is 43.0 Å². The van der Waals surface area contributed by atoms with Gasteiger partial charge in [0.1, 0.15) is 12.6 Å². The fourth-order valence-electron chi connectivity index (χ4n) is 3.48. The van der Waals surface area contributed by atoms with Crippen LogP contribution in [0.3, 0.4) is 0 Å². The van der Waals surface area contributed by atoms with Crippen LogP contribution in [-0.2, 0) is 14.3 Å². The number of amides is 1. The van der Waals surface area contributed by atoms with E-state index in [0.717, 1.165) is 0 Å². The lowest BCUT2D eigenvalue weighted by Crippen LogP contribution is -2.22. The van der Waals surface area contributed by atoms with Gasteiger partial charge in [0.2, 0.25) is 0 Å². The summed E-state index contributed by atoms with van der Waals surface area (Å²) in [6.07, 6.45) is 2.86. The van der Waals surface area contributed by atoms with Gasteiger partial charge in [0.05, 0.1) is 12.4 Å². The molecule has 32 heavy (non-hydrogen) atoms. The summed E-state index contributed by atoms with van der Waals surface area (Å²) >= 11 is 2.41. The van der Waals surface area contributed by atoms with E-state index in [9.17, 15) is 14.4 Å². The Bertz CT molecular complexity index is 1150. The smallest absolute Gasteiger partial charge is 0.256 e. The van der Waals surface area contributed by atoms with Gasteiger partial charge in [0, 0.05) is 36.8 Å². The van der Waals surface area contributed by atoms with E-state index in [1.165, 1.54) is 43.7 Å². The van der Waals surface area contributed by atoms with Gasteiger partial charge in [-0.05, 0) is 12.1 Å². The standard InChI is InChI=1S/C21H21N5O4S2/c1-12(27)31-9-15-16(32-13(2)28)8-17(30-15)26-11-24-18-19(22-10-23-20(18)26)25-21(29)14-6-4-3-5-7-14/h3-7,10-11,15-17H,8-9H2,1-2H3,(H,22,23,25,29)/t15-,16+,17-/m1/s1. The van der Waals surface area contributed by atoms with Crippen molar-refractivity contribution in [2.75, 3.05) is 11.1 Å². The molecule has 1 N–H and O–H groups in total. The fourth-order valence-corrected chi connectivity index (χ4v) is 5.31. The highest BCUT2D eigenvalue weighted by Crippen LogP contribution is 2.39. The van der Waals surface area contributed by atoms with E-state index in [-0.39, 0.29) is 27.5 Å². The zero-order chi connectivity index (χ0) is 22.7. The molecule has 1 fully saturated rings. The number of nitrogens with one attached hydrogen (secondary N) is 1. The molecule has 0 aliphatic carbocycles. The minimum Gasteiger partial charge on any atom is -0.353 e. The van der Waals surface area contributed by atoms with Crippen molar-refractivity contribution in [2.45, 2.75) is 37.9 Å². The zero-order valence-electron chi connectivity index (χ0n) is 17.4. The quantitative estimate of drug-likeness (QED) is 0.578. The van der Waals surface area contributed by atoms with Crippen molar-refractivity contribution < 1.29 is 19.1 Å². The molecule has 11 heteroatoms. The molecule has 3 aromatic rings. The molecular weight excluding hydrogens is 450 g/mol. The van der Waals surface area contributed by atoms with Gasteiger partial charge in [-0.3, -0.25) is 19.0 Å². The van der Waals surface area contributed by atoms with Gasteiger partial charge in [0.25, 0.3) is 5.91 Å². The van der Waals surface area contributed by atoms with Crippen molar-refractivity contribution in [3.63, 3.8) is 0 Å². The Kier molecular flexibility index (Phi) is 6.87. The molecule has 166 valence electrons. The Morgan fingerprint density at radius 2 is 1.91 bits per heavy atom. The summed E-state index contributed by atoms with van der Waals surface area (Å²) in [7, 11) is 0. The van der Waals surface area contributed by atoms with E-state index in [1.54, 1.807) is 35.2 Å². The lowest BCUT2D eigenvalue weighted by atomic mass is 10.2. The number of imidazole rings is 1. The first-order valence-electron chi connectivity index (χ1n) is 9.92. The third kappa shape index (κ3) is 5.00. The maximum absolute atomic E-state index is 12.5. The number of hydrogen-bond donors (Lipinski definition) is 1. The van der Waals surface area contributed by atoms with E-state index < -0.39 is 6.23 Å². The first kappa shape index (κ1) is 22.4. The average molecular weight is 472 g/mol. The molecule has 0 saturated carbocycles. The molecule has 9 nitrogen and oxygen atoms in total. The summed E-state index contributed by atoms with van der Waals surface area (Å²) < 4.78 is 7.98. The molecular formula is C21H21N5O4S2. The second-order valence-corrected chi connectivity index (χ2v) is 9.79. The van der Waals surface area contributed by atoms with Crippen LogP contribution in [0.5, 0.6) is 0 Å². The number of benzene rings is 1. The highest BCUT2D eigenvalue weighted by atomic mass is 32.2. The van der Waals surface area contributed by atoms with Gasteiger partial charge in [-0.1, -0.05) is 41.7 Å². The second-order valence-electron chi connectivity index (χ2n) is 7.18. The lowest BCUT2D eigenvalue weighted by molar-refractivity contribution is -0.109. The third-order valence-electron chi connectivity index (χ3n) is 4.89. The molecule has 0 bridgehead atoms. The zero-order valence-corrected chi connectivity index (χ0v) is 19.1. The van der Waals surface area contributed by atoms with Gasteiger partial charge < -0.3 is 10.1 Å². The molecule has 1 aromatic carbocycles. The average Bonchev–Trinajstić information content (AvgIpc) is 3.37. The van der Waals surface area contributed by atoms with E-state index in [0.29, 0.717) is 34.7 Å². The number of anilines is 1. The van der Waals surface area contributed by atoms with E-state index in [4.69, 9.17) is 4.74 Å². The number of hydrogen-bond acceptors (Lipinski definition) is 9. The molecule has 1 saturated heterocycles. The second kappa shape index (κ2) is 9.80. The van der Waals surface area contributed by atoms with Crippen molar-refractivity contribution in [3.8, 4) is 0 Å². The number of aromatic nitrogens is 4. The largest absolute Gasteiger partial charge is 0.353 e. The fraction of sp³-hybridized carbons (Fsp3) is 0.333. The summed E-state index contributed by atoms with van der Waals surface area (Å²) in [5.41, 5.74) is 1.46. The van der Waals surface area contributed by atoms with Crippen LogP contribution in [0, 0.1) is 0 Å². The Balaban J connectivity index is 1.57.